The van der Waals surface area contributed by atoms with Crippen LogP contribution in [0.15, 0.2) is 53.0 Å². The van der Waals surface area contributed by atoms with E-state index in [2.05, 4.69) is 21.2 Å². The fraction of sp³-hybridized carbons (Fsp3) is 0.417. The summed E-state index contributed by atoms with van der Waals surface area (Å²) in [6.45, 7) is 7.12. The predicted molar refractivity (Wildman–Crippen MR) is 135 cm³/mol. The molecule has 0 saturated carbocycles. The Morgan fingerprint density at radius 3 is 2.00 bits per heavy atom. The van der Waals surface area contributed by atoms with Gasteiger partial charge in [-0.1, -0.05) is 47.1 Å². The van der Waals surface area contributed by atoms with Crippen molar-refractivity contribution in [2.45, 2.75) is 52.7 Å². The Bertz CT molecular complexity index is 1050. The minimum absolute atomic E-state index is 0.0887. The van der Waals surface area contributed by atoms with Crippen molar-refractivity contribution >= 4 is 43.5 Å². The molecule has 0 aliphatic carbocycles. The van der Waals surface area contributed by atoms with Gasteiger partial charge in [0.1, 0.15) is 12.6 Å². The molecule has 2 rings (SSSR count). The standard InChI is InChI=1S/C24H32BrN3O4S/c1-6-19-9-13-22(14-10-19)28(33(5,31)32)16-23(29)27(18(4)24(30)26-17(2)3)15-20-7-11-21(25)12-8-20/h7-14,17-18H,6,15-16H2,1-5H3,(H,26,30). The maximum Gasteiger partial charge on any atom is 0.244 e. The van der Waals surface area contributed by atoms with E-state index >= 15 is 0 Å². The van der Waals surface area contributed by atoms with Crippen LogP contribution in [-0.2, 0) is 32.6 Å². The molecule has 180 valence electrons. The Hall–Kier alpha value is -2.39. The van der Waals surface area contributed by atoms with Gasteiger partial charge in [-0.05, 0) is 62.6 Å². The van der Waals surface area contributed by atoms with Crippen molar-refractivity contribution in [3.05, 3.63) is 64.1 Å². The summed E-state index contributed by atoms with van der Waals surface area (Å²) in [6, 6.07) is 13.6. The summed E-state index contributed by atoms with van der Waals surface area (Å²) in [6.07, 6.45) is 1.89. The van der Waals surface area contributed by atoms with Crippen LogP contribution in [-0.4, -0.2) is 50.0 Å². The SMILES string of the molecule is CCc1ccc(N(CC(=O)N(Cc2ccc(Br)cc2)C(C)C(=O)NC(C)C)S(C)(=O)=O)cc1. The van der Waals surface area contributed by atoms with Crippen LogP contribution in [0.1, 0.15) is 38.8 Å². The topological polar surface area (TPSA) is 86.8 Å². The molecule has 0 heterocycles. The average Bonchev–Trinajstić information content (AvgIpc) is 2.75. The molecule has 0 aliphatic rings. The molecule has 0 bridgehead atoms. The second kappa shape index (κ2) is 11.7. The van der Waals surface area contributed by atoms with E-state index in [1.54, 1.807) is 19.1 Å². The first-order valence-electron chi connectivity index (χ1n) is 10.8. The number of amides is 2. The van der Waals surface area contributed by atoms with Gasteiger partial charge in [-0.3, -0.25) is 13.9 Å². The van der Waals surface area contributed by atoms with Gasteiger partial charge in [-0.25, -0.2) is 8.42 Å². The average molecular weight is 539 g/mol. The quantitative estimate of drug-likeness (QED) is 0.500. The van der Waals surface area contributed by atoms with Crippen molar-refractivity contribution in [3.8, 4) is 0 Å². The van der Waals surface area contributed by atoms with Gasteiger partial charge in [0.2, 0.25) is 21.8 Å². The van der Waals surface area contributed by atoms with Gasteiger partial charge in [0.05, 0.1) is 11.9 Å². The zero-order chi connectivity index (χ0) is 24.8. The molecule has 1 atom stereocenters. The number of carbonyl (C=O) groups is 2. The van der Waals surface area contributed by atoms with Gasteiger partial charge in [0, 0.05) is 17.1 Å². The lowest BCUT2D eigenvalue weighted by Crippen LogP contribution is -2.52. The highest BCUT2D eigenvalue weighted by Gasteiger charge is 2.30. The molecule has 0 radical (unpaired) electrons. The van der Waals surface area contributed by atoms with Crippen molar-refractivity contribution in [2.75, 3.05) is 17.1 Å². The minimum atomic E-state index is -3.73. The Labute approximate surface area is 205 Å². The zero-order valence-electron chi connectivity index (χ0n) is 19.7. The summed E-state index contributed by atoms with van der Waals surface area (Å²) in [7, 11) is -3.73. The Morgan fingerprint density at radius 2 is 1.52 bits per heavy atom. The number of hydrogen-bond donors (Lipinski definition) is 1. The molecule has 33 heavy (non-hydrogen) atoms. The number of sulfonamides is 1. The van der Waals surface area contributed by atoms with Gasteiger partial charge < -0.3 is 10.2 Å². The number of rotatable bonds is 10. The zero-order valence-corrected chi connectivity index (χ0v) is 22.1. The largest absolute Gasteiger partial charge is 0.352 e. The van der Waals surface area contributed by atoms with E-state index in [4.69, 9.17) is 0 Å². The number of hydrogen-bond acceptors (Lipinski definition) is 4. The van der Waals surface area contributed by atoms with Gasteiger partial charge >= 0.3 is 0 Å². The normalized spacial score (nSPS) is 12.3. The van der Waals surface area contributed by atoms with Crippen LogP contribution < -0.4 is 9.62 Å². The second-order valence-electron chi connectivity index (χ2n) is 8.28. The third kappa shape index (κ3) is 7.85. The maximum absolute atomic E-state index is 13.4. The summed E-state index contributed by atoms with van der Waals surface area (Å²) in [5.41, 5.74) is 2.30. The molecule has 2 aromatic rings. The molecule has 1 unspecified atom stereocenters. The summed E-state index contributed by atoms with van der Waals surface area (Å²) in [5.74, 6) is -0.761. The smallest absolute Gasteiger partial charge is 0.244 e. The molecular weight excluding hydrogens is 506 g/mol. The lowest BCUT2D eigenvalue weighted by atomic mass is 10.1. The highest BCUT2D eigenvalue weighted by atomic mass is 79.9. The molecule has 0 saturated heterocycles. The summed E-state index contributed by atoms with van der Waals surface area (Å²) in [5, 5.41) is 2.83. The van der Waals surface area contributed by atoms with Crippen LogP contribution >= 0.6 is 15.9 Å². The number of anilines is 1. The Kier molecular flexibility index (Phi) is 9.48. The second-order valence-corrected chi connectivity index (χ2v) is 11.1. The third-order valence-electron chi connectivity index (χ3n) is 5.18. The summed E-state index contributed by atoms with van der Waals surface area (Å²) < 4.78 is 27.1. The van der Waals surface area contributed by atoms with E-state index in [0.29, 0.717) is 5.69 Å². The molecular formula is C24H32BrN3O4S. The minimum Gasteiger partial charge on any atom is -0.352 e. The predicted octanol–water partition coefficient (Wildman–Crippen LogP) is 3.72. The first kappa shape index (κ1) is 26.9. The van der Waals surface area contributed by atoms with E-state index in [9.17, 15) is 18.0 Å². The number of nitrogens with one attached hydrogen (secondary N) is 1. The number of aryl methyl sites for hydroxylation is 1. The molecule has 1 N–H and O–H groups in total. The number of benzene rings is 2. The van der Waals surface area contributed by atoms with E-state index in [-0.39, 0.29) is 18.5 Å². The van der Waals surface area contributed by atoms with E-state index < -0.39 is 28.5 Å². The van der Waals surface area contributed by atoms with Crippen molar-refractivity contribution < 1.29 is 18.0 Å². The van der Waals surface area contributed by atoms with Gasteiger partial charge in [0.25, 0.3) is 0 Å². The van der Waals surface area contributed by atoms with Crippen LogP contribution in [0.25, 0.3) is 0 Å². The van der Waals surface area contributed by atoms with Gasteiger partial charge in [0.15, 0.2) is 0 Å². The Morgan fingerprint density at radius 1 is 0.970 bits per heavy atom. The number of halogens is 1. The number of carbonyl (C=O) groups excluding carboxylic acids is 2. The van der Waals surface area contributed by atoms with Crippen molar-refractivity contribution in [1.82, 2.24) is 10.2 Å². The monoisotopic (exact) mass is 537 g/mol. The highest BCUT2D eigenvalue weighted by molar-refractivity contribution is 9.10. The van der Waals surface area contributed by atoms with Crippen LogP contribution in [0.2, 0.25) is 0 Å². The van der Waals surface area contributed by atoms with E-state index in [0.717, 1.165) is 32.6 Å². The van der Waals surface area contributed by atoms with Crippen LogP contribution in [0.3, 0.4) is 0 Å². The van der Waals surface area contributed by atoms with Gasteiger partial charge in [-0.15, -0.1) is 0 Å². The van der Waals surface area contributed by atoms with Crippen molar-refractivity contribution in [2.24, 2.45) is 0 Å². The molecule has 2 amide bonds. The molecule has 7 nitrogen and oxygen atoms in total. The molecule has 2 aromatic carbocycles. The van der Waals surface area contributed by atoms with Crippen LogP contribution in [0.4, 0.5) is 5.69 Å². The van der Waals surface area contributed by atoms with Crippen LogP contribution in [0, 0.1) is 0 Å². The molecule has 9 heteroatoms. The Balaban J connectivity index is 2.36. The fourth-order valence-corrected chi connectivity index (χ4v) is 4.40. The van der Waals surface area contributed by atoms with Crippen molar-refractivity contribution in [3.63, 3.8) is 0 Å². The third-order valence-corrected chi connectivity index (χ3v) is 6.85. The van der Waals surface area contributed by atoms with E-state index in [1.807, 2.05) is 57.2 Å². The lowest BCUT2D eigenvalue weighted by molar-refractivity contribution is -0.139. The molecule has 0 aromatic heterocycles. The number of nitrogens with zero attached hydrogens (tertiary/aromatic N) is 2. The fourth-order valence-electron chi connectivity index (χ4n) is 3.29. The first-order chi connectivity index (χ1) is 15.4. The van der Waals surface area contributed by atoms with Gasteiger partial charge in [-0.2, -0.15) is 0 Å². The van der Waals surface area contributed by atoms with Crippen molar-refractivity contribution in [1.29, 1.82) is 0 Å². The molecule has 0 fully saturated rings. The summed E-state index contributed by atoms with van der Waals surface area (Å²) in [4.78, 5) is 27.6. The first-order valence-corrected chi connectivity index (χ1v) is 13.5. The molecule has 0 aliphatic heterocycles. The lowest BCUT2D eigenvalue weighted by Gasteiger charge is -2.32. The highest BCUT2D eigenvalue weighted by Crippen LogP contribution is 2.20. The maximum atomic E-state index is 13.4. The van der Waals surface area contributed by atoms with Crippen LogP contribution in [0.5, 0.6) is 0 Å². The molecule has 0 spiro atoms. The van der Waals surface area contributed by atoms with E-state index in [1.165, 1.54) is 4.90 Å². The summed E-state index contributed by atoms with van der Waals surface area (Å²) >= 11 is 3.39.